The molecule has 0 fully saturated rings. The zero-order valence-electron chi connectivity index (χ0n) is 8.30. The molecule has 0 saturated heterocycles. The van der Waals surface area contributed by atoms with E-state index in [1.54, 1.807) is 10.9 Å². The third kappa shape index (κ3) is 4.38. The Kier molecular flexibility index (Phi) is 3.65. The largest absolute Gasteiger partial charge is 0.276 e. The maximum atomic E-state index is 10.6. The Morgan fingerprint density at radius 3 is 2.79 bits per heavy atom. The van der Waals surface area contributed by atoms with Crippen LogP contribution in [-0.2, 0) is 27.8 Å². The lowest BCUT2D eigenvalue weighted by atomic mass is 10.2. The summed E-state index contributed by atoms with van der Waals surface area (Å²) in [5.74, 6) is 0. The van der Waals surface area contributed by atoms with Crippen LogP contribution in [0.3, 0.4) is 0 Å². The van der Waals surface area contributed by atoms with E-state index in [-0.39, 0.29) is 6.61 Å². The molecule has 0 unspecified atom stereocenters. The molecule has 5 nitrogen and oxygen atoms in total. The highest BCUT2D eigenvalue weighted by atomic mass is 32.2. The standard InChI is InChI=1S/C8H14N2O3S/c1-10-7-8(6-9-10)4-3-5-13-14(2,11)12/h6-7H,3-5H2,1-2H3. The van der Waals surface area contributed by atoms with Crippen molar-refractivity contribution in [3.8, 4) is 0 Å². The van der Waals surface area contributed by atoms with E-state index in [2.05, 4.69) is 9.28 Å². The molecule has 14 heavy (non-hydrogen) atoms. The van der Waals surface area contributed by atoms with E-state index >= 15 is 0 Å². The summed E-state index contributed by atoms with van der Waals surface area (Å²) in [4.78, 5) is 0. The number of aromatic nitrogens is 2. The monoisotopic (exact) mass is 218 g/mol. The van der Waals surface area contributed by atoms with Crippen LogP contribution in [-0.4, -0.2) is 31.1 Å². The van der Waals surface area contributed by atoms with Crippen molar-refractivity contribution in [3.63, 3.8) is 0 Å². The van der Waals surface area contributed by atoms with Crippen molar-refractivity contribution in [1.82, 2.24) is 9.78 Å². The molecule has 0 aliphatic carbocycles. The molecule has 0 aromatic carbocycles. The topological polar surface area (TPSA) is 61.2 Å². The molecule has 0 radical (unpaired) electrons. The van der Waals surface area contributed by atoms with Gasteiger partial charge in [-0.1, -0.05) is 0 Å². The molecule has 0 aliphatic rings. The Bertz CT molecular complexity index is 383. The Balaban J connectivity index is 2.23. The summed E-state index contributed by atoms with van der Waals surface area (Å²) in [6, 6.07) is 0. The van der Waals surface area contributed by atoms with Crippen LogP contribution in [0.4, 0.5) is 0 Å². The lowest BCUT2D eigenvalue weighted by Crippen LogP contribution is -2.04. The van der Waals surface area contributed by atoms with Gasteiger partial charge in [-0.2, -0.15) is 13.5 Å². The number of hydrogen-bond donors (Lipinski definition) is 0. The van der Waals surface area contributed by atoms with Crippen LogP contribution in [0.15, 0.2) is 12.4 Å². The summed E-state index contributed by atoms with van der Waals surface area (Å²) in [7, 11) is -1.45. The van der Waals surface area contributed by atoms with Crippen molar-refractivity contribution in [3.05, 3.63) is 18.0 Å². The lowest BCUT2D eigenvalue weighted by molar-refractivity contribution is 0.316. The fraction of sp³-hybridized carbons (Fsp3) is 0.625. The van der Waals surface area contributed by atoms with E-state index in [1.807, 2.05) is 13.2 Å². The Hall–Kier alpha value is -0.880. The second-order valence-corrected chi connectivity index (χ2v) is 4.80. The highest BCUT2D eigenvalue weighted by Crippen LogP contribution is 2.01. The molecule has 0 bridgehead atoms. The van der Waals surface area contributed by atoms with Crippen molar-refractivity contribution < 1.29 is 12.6 Å². The van der Waals surface area contributed by atoms with Crippen LogP contribution in [0.2, 0.25) is 0 Å². The maximum absolute atomic E-state index is 10.6. The van der Waals surface area contributed by atoms with Crippen molar-refractivity contribution >= 4 is 10.1 Å². The SMILES string of the molecule is Cn1cc(CCCOS(C)(=O)=O)cn1. The van der Waals surface area contributed by atoms with E-state index in [4.69, 9.17) is 0 Å². The van der Waals surface area contributed by atoms with E-state index < -0.39 is 10.1 Å². The number of hydrogen-bond acceptors (Lipinski definition) is 4. The maximum Gasteiger partial charge on any atom is 0.264 e. The summed E-state index contributed by atoms with van der Waals surface area (Å²) >= 11 is 0. The van der Waals surface area contributed by atoms with Gasteiger partial charge in [-0.25, -0.2) is 0 Å². The van der Waals surface area contributed by atoms with E-state index in [0.29, 0.717) is 6.42 Å². The summed E-state index contributed by atoms with van der Waals surface area (Å²) in [6.07, 6.45) is 6.18. The minimum atomic E-state index is -3.29. The fourth-order valence-electron chi connectivity index (χ4n) is 1.09. The second-order valence-electron chi connectivity index (χ2n) is 3.15. The smallest absolute Gasteiger partial charge is 0.264 e. The Morgan fingerprint density at radius 2 is 2.29 bits per heavy atom. The minimum Gasteiger partial charge on any atom is -0.276 e. The van der Waals surface area contributed by atoms with Gasteiger partial charge < -0.3 is 0 Å². The molecule has 1 heterocycles. The zero-order valence-corrected chi connectivity index (χ0v) is 9.12. The molecule has 0 N–H and O–H groups in total. The van der Waals surface area contributed by atoms with E-state index in [1.165, 1.54) is 0 Å². The van der Waals surface area contributed by atoms with Crippen molar-refractivity contribution in [2.75, 3.05) is 12.9 Å². The molecule has 1 aromatic heterocycles. The predicted molar refractivity (Wildman–Crippen MR) is 52.3 cm³/mol. The predicted octanol–water partition coefficient (Wildman–Crippen LogP) is 0.329. The van der Waals surface area contributed by atoms with Crippen molar-refractivity contribution in [1.29, 1.82) is 0 Å². The molecule has 0 atom stereocenters. The van der Waals surface area contributed by atoms with E-state index in [9.17, 15) is 8.42 Å². The van der Waals surface area contributed by atoms with Gasteiger partial charge in [0.2, 0.25) is 0 Å². The number of nitrogens with zero attached hydrogens (tertiary/aromatic N) is 2. The summed E-state index contributed by atoms with van der Waals surface area (Å²) in [5, 5.41) is 4.00. The van der Waals surface area contributed by atoms with Gasteiger partial charge in [-0.3, -0.25) is 8.86 Å². The average molecular weight is 218 g/mol. The van der Waals surface area contributed by atoms with Crippen LogP contribution in [0.25, 0.3) is 0 Å². The summed E-state index contributed by atoms with van der Waals surface area (Å²) in [6.45, 7) is 0.230. The number of rotatable bonds is 5. The quantitative estimate of drug-likeness (QED) is 0.528. The molecular weight excluding hydrogens is 204 g/mol. The molecule has 0 amide bonds. The highest BCUT2D eigenvalue weighted by Gasteiger charge is 2.01. The summed E-state index contributed by atoms with van der Waals surface area (Å²) in [5.41, 5.74) is 1.09. The van der Waals surface area contributed by atoms with Gasteiger partial charge in [0.1, 0.15) is 0 Å². The minimum absolute atomic E-state index is 0.230. The van der Waals surface area contributed by atoms with Gasteiger partial charge in [0, 0.05) is 13.2 Å². The van der Waals surface area contributed by atoms with Gasteiger partial charge in [-0.15, -0.1) is 0 Å². The van der Waals surface area contributed by atoms with Crippen LogP contribution >= 0.6 is 0 Å². The molecular formula is C8H14N2O3S. The van der Waals surface area contributed by atoms with Gasteiger partial charge in [0.25, 0.3) is 10.1 Å². The third-order valence-electron chi connectivity index (χ3n) is 1.67. The molecule has 0 aliphatic heterocycles. The third-order valence-corrected chi connectivity index (χ3v) is 2.26. The highest BCUT2D eigenvalue weighted by molar-refractivity contribution is 7.85. The lowest BCUT2D eigenvalue weighted by Gasteiger charge is -1.99. The van der Waals surface area contributed by atoms with Crippen LogP contribution in [0.1, 0.15) is 12.0 Å². The van der Waals surface area contributed by atoms with Crippen LogP contribution < -0.4 is 0 Å². The van der Waals surface area contributed by atoms with Gasteiger partial charge in [-0.05, 0) is 18.4 Å². The molecule has 1 rings (SSSR count). The fourth-order valence-corrected chi connectivity index (χ4v) is 1.51. The first-order chi connectivity index (χ1) is 6.47. The van der Waals surface area contributed by atoms with Crippen molar-refractivity contribution in [2.45, 2.75) is 12.8 Å². The van der Waals surface area contributed by atoms with Crippen molar-refractivity contribution in [2.24, 2.45) is 7.05 Å². The van der Waals surface area contributed by atoms with E-state index in [0.717, 1.165) is 18.2 Å². The average Bonchev–Trinajstić information content (AvgIpc) is 2.44. The first-order valence-corrected chi connectivity index (χ1v) is 6.11. The molecule has 80 valence electrons. The first kappa shape index (κ1) is 11.2. The second kappa shape index (κ2) is 4.56. The van der Waals surface area contributed by atoms with Crippen LogP contribution in [0, 0.1) is 0 Å². The van der Waals surface area contributed by atoms with Gasteiger partial charge in [0.05, 0.1) is 19.1 Å². The summed E-state index contributed by atoms with van der Waals surface area (Å²) < 4.78 is 27.5. The first-order valence-electron chi connectivity index (χ1n) is 4.29. The van der Waals surface area contributed by atoms with Crippen LogP contribution in [0.5, 0.6) is 0 Å². The molecule has 0 spiro atoms. The Labute approximate surface area is 83.8 Å². The van der Waals surface area contributed by atoms with Gasteiger partial charge in [0.15, 0.2) is 0 Å². The molecule has 0 saturated carbocycles. The normalized spacial score (nSPS) is 11.9. The number of aryl methyl sites for hydroxylation is 2. The molecule has 6 heteroatoms. The molecule has 1 aromatic rings. The Morgan fingerprint density at radius 1 is 1.57 bits per heavy atom. The zero-order chi connectivity index (χ0) is 10.6. The van der Waals surface area contributed by atoms with Gasteiger partial charge >= 0.3 is 0 Å².